The van der Waals surface area contributed by atoms with Crippen LogP contribution in [0.25, 0.3) is 0 Å². The Balaban J connectivity index is 1.79. The highest BCUT2D eigenvalue weighted by Crippen LogP contribution is 2.34. The van der Waals surface area contributed by atoms with E-state index < -0.39 is 21.0 Å². The summed E-state index contributed by atoms with van der Waals surface area (Å²) >= 11 is 0. The van der Waals surface area contributed by atoms with Crippen molar-refractivity contribution in [1.29, 1.82) is 0 Å². The minimum atomic E-state index is -3.81. The van der Waals surface area contributed by atoms with Crippen LogP contribution >= 0.6 is 0 Å². The molecule has 0 aliphatic carbocycles. The Morgan fingerprint density at radius 1 is 1.27 bits per heavy atom. The zero-order valence-corrected chi connectivity index (χ0v) is 18.1. The molecule has 0 saturated carbocycles. The van der Waals surface area contributed by atoms with Crippen molar-refractivity contribution in [3.63, 3.8) is 0 Å². The van der Waals surface area contributed by atoms with Crippen LogP contribution in [0.5, 0.6) is 11.5 Å². The minimum Gasteiger partial charge on any atom is -0.495 e. The first-order valence-corrected chi connectivity index (χ1v) is 10.9. The number of hydrogen-bond acceptors (Lipinski definition) is 6. The Hall–Kier alpha value is -3.07. The SMILES string of the molecule is COc1ccc(C)cc1NC(=O)CC(C)S(=O)(=O)c1cc2c(cc1C)NC(=O)CO2. The van der Waals surface area contributed by atoms with Crippen molar-refractivity contribution in [3.05, 3.63) is 41.5 Å². The van der Waals surface area contributed by atoms with Crippen LogP contribution in [0.4, 0.5) is 11.4 Å². The monoisotopic (exact) mass is 432 g/mol. The number of aryl methyl sites for hydroxylation is 2. The van der Waals surface area contributed by atoms with Crippen LogP contribution in [-0.4, -0.2) is 39.2 Å². The quantitative estimate of drug-likeness (QED) is 0.726. The normalized spacial score (nSPS) is 14.2. The van der Waals surface area contributed by atoms with Gasteiger partial charge in [0.25, 0.3) is 5.91 Å². The molecule has 3 rings (SSSR count). The summed E-state index contributed by atoms with van der Waals surface area (Å²) in [5, 5.41) is 4.41. The van der Waals surface area contributed by atoms with Crippen LogP contribution < -0.4 is 20.1 Å². The number of carbonyl (C=O) groups is 2. The second kappa shape index (κ2) is 8.35. The van der Waals surface area contributed by atoms with Gasteiger partial charge in [-0.15, -0.1) is 0 Å². The number of rotatable bonds is 6. The van der Waals surface area contributed by atoms with Crippen LogP contribution in [0.3, 0.4) is 0 Å². The number of methoxy groups -OCH3 is 1. The standard InChI is InChI=1S/C21H24N2O6S/c1-12-5-6-17(28-4)15(7-12)22-20(24)9-14(3)30(26,27)19-10-18-16(8-13(19)2)23-21(25)11-29-18/h5-8,10,14H,9,11H2,1-4H3,(H,22,24)(H,23,25). The lowest BCUT2D eigenvalue weighted by Gasteiger charge is -2.21. The van der Waals surface area contributed by atoms with Gasteiger partial charge in [0.2, 0.25) is 5.91 Å². The molecule has 0 saturated heterocycles. The molecular formula is C21H24N2O6S. The smallest absolute Gasteiger partial charge is 0.262 e. The van der Waals surface area contributed by atoms with Gasteiger partial charge >= 0.3 is 0 Å². The first-order chi connectivity index (χ1) is 14.1. The van der Waals surface area contributed by atoms with E-state index in [1.54, 1.807) is 25.1 Å². The second-order valence-corrected chi connectivity index (χ2v) is 9.60. The fourth-order valence-corrected chi connectivity index (χ4v) is 4.81. The highest BCUT2D eigenvalue weighted by Gasteiger charge is 2.30. The van der Waals surface area contributed by atoms with E-state index in [9.17, 15) is 18.0 Å². The first kappa shape index (κ1) is 21.6. The van der Waals surface area contributed by atoms with E-state index in [1.165, 1.54) is 20.1 Å². The molecule has 160 valence electrons. The number of sulfone groups is 1. The predicted molar refractivity (Wildman–Crippen MR) is 113 cm³/mol. The molecule has 1 aliphatic rings. The summed E-state index contributed by atoms with van der Waals surface area (Å²) in [5.41, 5.74) is 2.32. The van der Waals surface area contributed by atoms with Gasteiger partial charge in [0, 0.05) is 12.5 Å². The molecule has 1 heterocycles. The summed E-state index contributed by atoms with van der Waals surface area (Å²) in [6.07, 6.45) is -0.229. The third kappa shape index (κ3) is 4.40. The van der Waals surface area contributed by atoms with Gasteiger partial charge in [0.1, 0.15) is 11.5 Å². The van der Waals surface area contributed by atoms with Crippen molar-refractivity contribution in [1.82, 2.24) is 0 Å². The molecule has 0 aromatic heterocycles. The molecular weight excluding hydrogens is 408 g/mol. The van der Waals surface area contributed by atoms with Gasteiger partial charge in [-0.05, 0) is 50.1 Å². The van der Waals surface area contributed by atoms with E-state index in [4.69, 9.17) is 9.47 Å². The second-order valence-electron chi connectivity index (χ2n) is 7.26. The van der Waals surface area contributed by atoms with E-state index in [2.05, 4.69) is 10.6 Å². The Morgan fingerprint density at radius 2 is 2.00 bits per heavy atom. The van der Waals surface area contributed by atoms with E-state index >= 15 is 0 Å². The molecule has 30 heavy (non-hydrogen) atoms. The third-order valence-electron chi connectivity index (χ3n) is 4.85. The van der Waals surface area contributed by atoms with E-state index in [-0.39, 0.29) is 23.8 Å². The molecule has 1 atom stereocenters. The molecule has 0 fully saturated rings. The minimum absolute atomic E-state index is 0.0748. The van der Waals surface area contributed by atoms with Crippen molar-refractivity contribution in [2.45, 2.75) is 37.3 Å². The fraction of sp³-hybridized carbons (Fsp3) is 0.333. The molecule has 0 radical (unpaired) electrons. The van der Waals surface area contributed by atoms with Crippen LogP contribution in [0.1, 0.15) is 24.5 Å². The van der Waals surface area contributed by atoms with Crippen LogP contribution in [0.2, 0.25) is 0 Å². The van der Waals surface area contributed by atoms with E-state index in [0.717, 1.165) is 5.56 Å². The number of anilines is 2. The maximum atomic E-state index is 13.1. The number of carbonyl (C=O) groups excluding carboxylic acids is 2. The largest absolute Gasteiger partial charge is 0.495 e. The number of benzene rings is 2. The van der Waals surface area contributed by atoms with Crippen molar-refractivity contribution in [2.75, 3.05) is 24.4 Å². The Morgan fingerprint density at radius 3 is 2.70 bits per heavy atom. The zero-order valence-electron chi connectivity index (χ0n) is 17.2. The highest BCUT2D eigenvalue weighted by atomic mass is 32.2. The van der Waals surface area contributed by atoms with Gasteiger partial charge in [0.15, 0.2) is 16.4 Å². The maximum absolute atomic E-state index is 13.1. The van der Waals surface area contributed by atoms with E-state index in [1.807, 2.05) is 13.0 Å². The number of ether oxygens (including phenoxy) is 2. The fourth-order valence-electron chi connectivity index (χ4n) is 3.23. The van der Waals surface area contributed by atoms with Crippen molar-refractivity contribution >= 4 is 33.0 Å². The number of fused-ring (bicyclic) bond motifs is 1. The molecule has 2 aromatic carbocycles. The molecule has 2 N–H and O–H groups in total. The van der Waals surface area contributed by atoms with Gasteiger partial charge in [-0.2, -0.15) is 0 Å². The van der Waals surface area contributed by atoms with Gasteiger partial charge in [-0.3, -0.25) is 9.59 Å². The van der Waals surface area contributed by atoms with Crippen LogP contribution in [0.15, 0.2) is 35.2 Å². The Bertz CT molecular complexity index is 1110. The summed E-state index contributed by atoms with van der Waals surface area (Å²) in [6.45, 7) is 4.83. The molecule has 0 bridgehead atoms. The lowest BCUT2D eigenvalue weighted by molar-refractivity contribution is -0.118. The zero-order chi connectivity index (χ0) is 22.1. The van der Waals surface area contributed by atoms with Crippen molar-refractivity contribution < 1.29 is 27.5 Å². The van der Waals surface area contributed by atoms with Crippen molar-refractivity contribution in [2.24, 2.45) is 0 Å². The first-order valence-electron chi connectivity index (χ1n) is 9.37. The summed E-state index contributed by atoms with van der Waals surface area (Å²) in [6, 6.07) is 8.31. The molecule has 1 unspecified atom stereocenters. The highest BCUT2D eigenvalue weighted by molar-refractivity contribution is 7.92. The number of hydrogen-bond donors (Lipinski definition) is 2. The average molecular weight is 432 g/mol. The number of amides is 2. The lowest BCUT2D eigenvalue weighted by Crippen LogP contribution is -2.27. The van der Waals surface area contributed by atoms with Crippen molar-refractivity contribution in [3.8, 4) is 11.5 Å². The maximum Gasteiger partial charge on any atom is 0.262 e. The summed E-state index contributed by atoms with van der Waals surface area (Å²) in [4.78, 5) is 24.1. The molecule has 9 heteroatoms. The van der Waals surface area contributed by atoms with Crippen LogP contribution in [-0.2, 0) is 19.4 Å². The average Bonchev–Trinajstić information content (AvgIpc) is 2.67. The Labute approximate surface area is 175 Å². The number of nitrogens with one attached hydrogen (secondary N) is 2. The van der Waals surface area contributed by atoms with Gasteiger partial charge < -0.3 is 20.1 Å². The molecule has 2 amide bonds. The topological polar surface area (TPSA) is 111 Å². The third-order valence-corrected chi connectivity index (χ3v) is 7.13. The van der Waals surface area contributed by atoms with Crippen LogP contribution in [0, 0.1) is 13.8 Å². The summed E-state index contributed by atoms with van der Waals surface area (Å²) in [5.74, 6) is 0.0531. The van der Waals surface area contributed by atoms with E-state index in [0.29, 0.717) is 28.4 Å². The van der Waals surface area contributed by atoms with Gasteiger partial charge in [-0.25, -0.2) is 8.42 Å². The summed E-state index contributed by atoms with van der Waals surface area (Å²) in [7, 11) is -2.32. The lowest BCUT2D eigenvalue weighted by atomic mass is 10.2. The molecule has 8 nitrogen and oxygen atoms in total. The van der Waals surface area contributed by atoms with Gasteiger partial charge in [-0.1, -0.05) is 6.07 Å². The molecule has 1 aliphatic heterocycles. The molecule has 0 spiro atoms. The Kier molecular flexibility index (Phi) is 6.02. The van der Waals surface area contributed by atoms with Gasteiger partial charge in [0.05, 0.1) is 28.6 Å². The summed E-state index contributed by atoms with van der Waals surface area (Å²) < 4.78 is 36.8. The molecule has 2 aromatic rings. The predicted octanol–water partition coefficient (Wildman–Crippen LogP) is 2.83.